The average molecular weight is 311 g/mol. The van der Waals surface area contributed by atoms with Gasteiger partial charge in [0.05, 0.1) is 16.2 Å². The highest BCUT2D eigenvalue weighted by molar-refractivity contribution is 7.90. The van der Waals surface area contributed by atoms with Gasteiger partial charge in [0.1, 0.15) is 0 Å². The predicted molar refractivity (Wildman–Crippen MR) is 75.7 cm³/mol. The van der Waals surface area contributed by atoms with Crippen molar-refractivity contribution in [1.82, 2.24) is 0 Å². The van der Waals surface area contributed by atoms with Crippen LogP contribution in [0.15, 0.2) is 53.4 Å². The fraction of sp³-hybridized carbons (Fsp3) is 0.0714. The highest BCUT2D eigenvalue weighted by atomic mass is 35.5. The van der Waals surface area contributed by atoms with Gasteiger partial charge in [-0.2, -0.15) is 0 Å². The third kappa shape index (κ3) is 3.37. The Morgan fingerprint density at radius 2 is 1.80 bits per heavy atom. The van der Waals surface area contributed by atoms with Crippen molar-refractivity contribution in [3.05, 3.63) is 64.7 Å². The SMILES string of the molecule is O=C(O)c1cccc(S(=O)(=O)Cc2cccc(Cl)c2)c1. The van der Waals surface area contributed by atoms with Crippen molar-refractivity contribution >= 4 is 27.4 Å². The highest BCUT2D eigenvalue weighted by Crippen LogP contribution is 2.19. The molecule has 2 aromatic carbocycles. The number of carbonyl (C=O) groups is 1. The summed E-state index contributed by atoms with van der Waals surface area (Å²) in [7, 11) is -3.61. The van der Waals surface area contributed by atoms with E-state index in [9.17, 15) is 13.2 Å². The summed E-state index contributed by atoms with van der Waals surface area (Å²) in [6.07, 6.45) is 0. The van der Waals surface area contributed by atoms with Gasteiger partial charge in [0.2, 0.25) is 0 Å². The molecule has 0 aliphatic heterocycles. The number of aromatic carboxylic acids is 1. The van der Waals surface area contributed by atoms with E-state index in [-0.39, 0.29) is 16.2 Å². The van der Waals surface area contributed by atoms with E-state index in [4.69, 9.17) is 16.7 Å². The third-order valence-corrected chi connectivity index (χ3v) is 4.61. The van der Waals surface area contributed by atoms with Crippen LogP contribution in [-0.2, 0) is 15.6 Å². The summed E-state index contributed by atoms with van der Waals surface area (Å²) in [4.78, 5) is 10.9. The Morgan fingerprint density at radius 3 is 2.45 bits per heavy atom. The van der Waals surface area contributed by atoms with Crippen molar-refractivity contribution < 1.29 is 18.3 Å². The van der Waals surface area contributed by atoms with Crippen LogP contribution >= 0.6 is 11.6 Å². The molecule has 0 aromatic heterocycles. The Kier molecular flexibility index (Phi) is 4.11. The van der Waals surface area contributed by atoms with Crippen molar-refractivity contribution in [2.75, 3.05) is 0 Å². The van der Waals surface area contributed by atoms with E-state index in [1.807, 2.05) is 0 Å². The van der Waals surface area contributed by atoms with Crippen LogP contribution in [0.2, 0.25) is 5.02 Å². The second kappa shape index (κ2) is 5.64. The Morgan fingerprint density at radius 1 is 1.10 bits per heavy atom. The van der Waals surface area contributed by atoms with E-state index < -0.39 is 15.8 Å². The summed E-state index contributed by atoms with van der Waals surface area (Å²) >= 11 is 5.81. The lowest BCUT2D eigenvalue weighted by Gasteiger charge is -2.06. The number of sulfone groups is 1. The molecule has 0 aliphatic rings. The lowest BCUT2D eigenvalue weighted by molar-refractivity contribution is 0.0696. The molecule has 0 fully saturated rings. The molecule has 0 saturated heterocycles. The predicted octanol–water partition coefficient (Wildman–Crippen LogP) is 3.01. The lowest BCUT2D eigenvalue weighted by Crippen LogP contribution is -2.06. The van der Waals surface area contributed by atoms with E-state index >= 15 is 0 Å². The second-order valence-corrected chi connectivity index (χ2v) is 6.65. The smallest absolute Gasteiger partial charge is 0.335 e. The molecule has 0 unspecified atom stereocenters. The normalized spacial score (nSPS) is 11.2. The molecule has 0 atom stereocenters. The molecule has 0 spiro atoms. The largest absolute Gasteiger partial charge is 0.478 e. The topological polar surface area (TPSA) is 71.4 Å². The molecular formula is C14H11ClO4S. The molecule has 0 heterocycles. The van der Waals surface area contributed by atoms with Crippen LogP contribution in [0.1, 0.15) is 15.9 Å². The lowest BCUT2D eigenvalue weighted by atomic mass is 10.2. The van der Waals surface area contributed by atoms with E-state index in [1.54, 1.807) is 24.3 Å². The first-order chi connectivity index (χ1) is 9.38. The fourth-order valence-electron chi connectivity index (χ4n) is 1.75. The van der Waals surface area contributed by atoms with Gasteiger partial charge in [0.25, 0.3) is 0 Å². The standard InChI is InChI=1S/C14H11ClO4S/c15-12-5-1-3-10(7-12)9-20(18,19)13-6-2-4-11(8-13)14(16)17/h1-8H,9H2,(H,16,17). The Balaban J connectivity index is 2.35. The molecule has 0 saturated carbocycles. The van der Waals surface area contributed by atoms with Crippen LogP contribution in [-0.4, -0.2) is 19.5 Å². The Hall–Kier alpha value is -1.85. The molecule has 20 heavy (non-hydrogen) atoms. The molecule has 0 bridgehead atoms. The highest BCUT2D eigenvalue weighted by Gasteiger charge is 2.17. The van der Waals surface area contributed by atoms with Gasteiger partial charge in [0.15, 0.2) is 9.84 Å². The zero-order valence-corrected chi connectivity index (χ0v) is 11.9. The van der Waals surface area contributed by atoms with Crippen LogP contribution in [0, 0.1) is 0 Å². The maximum absolute atomic E-state index is 12.3. The zero-order valence-electron chi connectivity index (χ0n) is 10.3. The van der Waals surface area contributed by atoms with Gasteiger partial charge in [0, 0.05) is 5.02 Å². The van der Waals surface area contributed by atoms with Gasteiger partial charge in [-0.25, -0.2) is 13.2 Å². The summed E-state index contributed by atoms with van der Waals surface area (Å²) in [5, 5.41) is 9.34. The maximum Gasteiger partial charge on any atom is 0.335 e. The number of hydrogen-bond acceptors (Lipinski definition) is 3. The molecule has 1 N–H and O–H groups in total. The van der Waals surface area contributed by atoms with Crippen LogP contribution < -0.4 is 0 Å². The first-order valence-electron chi connectivity index (χ1n) is 5.69. The van der Waals surface area contributed by atoms with Gasteiger partial charge in [-0.15, -0.1) is 0 Å². The summed E-state index contributed by atoms with van der Waals surface area (Å²) < 4.78 is 24.5. The minimum absolute atomic E-state index is 0.0163. The summed E-state index contributed by atoms with van der Waals surface area (Å²) in [5.74, 6) is -1.39. The van der Waals surface area contributed by atoms with Crippen molar-refractivity contribution in [3.8, 4) is 0 Å². The van der Waals surface area contributed by atoms with Crippen molar-refractivity contribution in [3.63, 3.8) is 0 Å². The minimum atomic E-state index is -3.61. The van der Waals surface area contributed by atoms with Gasteiger partial charge in [-0.3, -0.25) is 0 Å². The van der Waals surface area contributed by atoms with Gasteiger partial charge in [-0.05, 0) is 35.9 Å². The van der Waals surface area contributed by atoms with Crippen LogP contribution in [0.25, 0.3) is 0 Å². The van der Waals surface area contributed by atoms with Crippen LogP contribution in [0.5, 0.6) is 0 Å². The number of halogens is 1. The minimum Gasteiger partial charge on any atom is -0.478 e. The number of hydrogen-bond donors (Lipinski definition) is 1. The molecular weight excluding hydrogens is 300 g/mol. The summed E-state index contributed by atoms with van der Waals surface area (Å²) in [6.45, 7) is 0. The molecule has 6 heteroatoms. The van der Waals surface area contributed by atoms with Gasteiger partial charge >= 0.3 is 5.97 Å². The third-order valence-electron chi connectivity index (χ3n) is 2.69. The van der Waals surface area contributed by atoms with Crippen molar-refractivity contribution in [2.45, 2.75) is 10.6 Å². The monoisotopic (exact) mass is 310 g/mol. The Bertz CT molecular complexity index is 753. The Labute approximate surface area is 121 Å². The molecule has 4 nitrogen and oxygen atoms in total. The molecule has 2 aromatic rings. The van der Waals surface area contributed by atoms with Crippen LogP contribution in [0.4, 0.5) is 0 Å². The zero-order chi connectivity index (χ0) is 14.8. The molecule has 2 rings (SSSR count). The fourth-order valence-corrected chi connectivity index (χ4v) is 3.34. The molecule has 0 amide bonds. The number of carboxylic acids is 1. The molecule has 0 aliphatic carbocycles. The first kappa shape index (κ1) is 14.6. The van der Waals surface area contributed by atoms with Crippen LogP contribution in [0.3, 0.4) is 0 Å². The first-order valence-corrected chi connectivity index (χ1v) is 7.72. The maximum atomic E-state index is 12.3. The average Bonchev–Trinajstić information content (AvgIpc) is 2.38. The molecule has 104 valence electrons. The van der Waals surface area contributed by atoms with Crippen molar-refractivity contribution in [1.29, 1.82) is 0 Å². The van der Waals surface area contributed by atoms with Gasteiger partial charge in [-0.1, -0.05) is 29.8 Å². The van der Waals surface area contributed by atoms with E-state index in [0.717, 1.165) is 6.07 Å². The van der Waals surface area contributed by atoms with Gasteiger partial charge < -0.3 is 5.11 Å². The van der Waals surface area contributed by atoms with E-state index in [1.165, 1.54) is 18.2 Å². The summed E-state index contributed by atoms with van der Waals surface area (Å²) in [6, 6.07) is 11.8. The van der Waals surface area contributed by atoms with E-state index in [0.29, 0.717) is 10.6 Å². The number of benzene rings is 2. The number of rotatable bonds is 4. The number of carboxylic acid groups (broad SMARTS) is 1. The second-order valence-electron chi connectivity index (χ2n) is 4.22. The van der Waals surface area contributed by atoms with E-state index in [2.05, 4.69) is 0 Å². The summed E-state index contributed by atoms with van der Waals surface area (Å²) in [5.41, 5.74) is 0.496. The molecule has 0 radical (unpaired) electrons. The quantitative estimate of drug-likeness (QED) is 0.942. The van der Waals surface area contributed by atoms with Crippen molar-refractivity contribution in [2.24, 2.45) is 0 Å².